The van der Waals surface area contributed by atoms with Crippen molar-refractivity contribution in [1.82, 2.24) is 9.97 Å². The number of methoxy groups -OCH3 is 2. The number of anilines is 1. The summed E-state index contributed by atoms with van der Waals surface area (Å²) in [4.78, 5) is 8.52. The molecular formula is C14H17N3O4. The molecule has 0 saturated carbocycles. The number of fused-ring (bicyclic) bond motifs is 1. The van der Waals surface area contributed by atoms with Gasteiger partial charge in [0.15, 0.2) is 11.5 Å². The van der Waals surface area contributed by atoms with Crippen molar-refractivity contribution in [3.05, 3.63) is 18.5 Å². The Bertz CT molecular complexity index is 649. The van der Waals surface area contributed by atoms with Crippen molar-refractivity contribution in [3.63, 3.8) is 0 Å². The quantitative estimate of drug-likeness (QED) is 0.862. The monoisotopic (exact) mass is 291 g/mol. The van der Waals surface area contributed by atoms with E-state index in [1.165, 1.54) is 6.33 Å². The molecule has 0 bridgehead atoms. The predicted octanol–water partition coefficient (Wildman–Crippen LogP) is 0.819. The van der Waals surface area contributed by atoms with Gasteiger partial charge in [-0.3, -0.25) is 0 Å². The second-order valence-corrected chi connectivity index (χ2v) is 4.78. The normalized spacial score (nSPS) is 21.5. The van der Waals surface area contributed by atoms with E-state index in [0.717, 1.165) is 5.39 Å². The number of nitrogens with one attached hydrogen (secondary N) is 1. The summed E-state index contributed by atoms with van der Waals surface area (Å²) in [6.45, 7) is 0.776. The molecule has 2 N–H and O–H groups in total. The summed E-state index contributed by atoms with van der Waals surface area (Å²) in [5.41, 5.74) is 0.655. The molecule has 0 radical (unpaired) electrons. The van der Waals surface area contributed by atoms with E-state index < -0.39 is 6.10 Å². The fraction of sp³-hybridized carbons (Fsp3) is 0.429. The summed E-state index contributed by atoms with van der Waals surface area (Å²) in [5.74, 6) is 1.80. The first-order chi connectivity index (χ1) is 10.2. The van der Waals surface area contributed by atoms with Crippen LogP contribution in [0.15, 0.2) is 18.5 Å². The number of rotatable bonds is 4. The molecule has 112 valence electrons. The standard InChI is InChI=1S/C14H17N3O4/c1-19-11-4-3-8-12(13(11)20-2)15-7-16-14(8)17-9-5-21-6-10(9)18/h3-4,7,9-10,18H,5-6H2,1-2H3,(H,15,16,17)/t9?,10-/m1/s1. The molecule has 7 nitrogen and oxygen atoms in total. The summed E-state index contributed by atoms with van der Waals surface area (Å²) >= 11 is 0. The zero-order valence-electron chi connectivity index (χ0n) is 11.9. The van der Waals surface area contributed by atoms with E-state index in [-0.39, 0.29) is 6.04 Å². The highest BCUT2D eigenvalue weighted by atomic mass is 16.5. The SMILES string of the molecule is COc1ccc2c(NC3COC[C@H]3O)ncnc2c1OC. The third-order valence-corrected chi connectivity index (χ3v) is 3.52. The van der Waals surface area contributed by atoms with Crippen molar-refractivity contribution in [2.45, 2.75) is 12.1 Å². The molecule has 1 aromatic carbocycles. The van der Waals surface area contributed by atoms with E-state index in [0.29, 0.717) is 36.0 Å². The van der Waals surface area contributed by atoms with Crippen LogP contribution in [0.4, 0.5) is 5.82 Å². The third-order valence-electron chi connectivity index (χ3n) is 3.52. The number of ether oxygens (including phenoxy) is 3. The molecule has 1 aliphatic heterocycles. The van der Waals surface area contributed by atoms with Gasteiger partial charge in [-0.15, -0.1) is 0 Å². The van der Waals surface area contributed by atoms with Gasteiger partial charge >= 0.3 is 0 Å². The molecule has 3 rings (SSSR count). The lowest BCUT2D eigenvalue weighted by Gasteiger charge is -2.17. The van der Waals surface area contributed by atoms with Crippen LogP contribution in [-0.4, -0.2) is 54.7 Å². The van der Waals surface area contributed by atoms with Crippen LogP contribution in [0.25, 0.3) is 10.9 Å². The summed E-state index contributed by atoms with van der Waals surface area (Å²) < 4.78 is 15.9. The number of hydrogen-bond donors (Lipinski definition) is 2. The molecule has 1 aliphatic rings. The summed E-state index contributed by atoms with van der Waals surface area (Å²) in [7, 11) is 3.15. The minimum absolute atomic E-state index is 0.184. The summed E-state index contributed by atoms with van der Waals surface area (Å²) in [5, 5.41) is 13.8. The zero-order valence-corrected chi connectivity index (χ0v) is 11.9. The Morgan fingerprint density at radius 2 is 2.10 bits per heavy atom. The van der Waals surface area contributed by atoms with Gasteiger partial charge in [-0.2, -0.15) is 0 Å². The maximum atomic E-state index is 9.83. The number of aliphatic hydroxyl groups excluding tert-OH is 1. The van der Waals surface area contributed by atoms with Crippen LogP contribution in [0.2, 0.25) is 0 Å². The highest BCUT2D eigenvalue weighted by Crippen LogP contribution is 2.36. The maximum Gasteiger partial charge on any atom is 0.187 e. The largest absolute Gasteiger partial charge is 0.493 e. The average Bonchev–Trinajstić information content (AvgIpc) is 2.91. The van der Waals surface area contributed by atoms with E-state index in [2.05, 4.69) is 15.3 Å². The average molecular weight is 291 g/mol. The van der Waals surface area contributed by atoms with E-state index in [1.807, 2.05) is 6.07 Å². The first-order valence-corrected chi connectivity index (χ1v) is 6.62. The maximum absolute atomic E-state index is 9.83. The van der Waals surface area contributed by atoms with E-state index in [1.54, 1.807) is 20.3 Å². The zero-order chi connectivity index (χ0) is 14.8. The smallest absolute Gasteiger partial charge is 0.187 e. The Morgan fingerprint density at radius 3 is 2.76 bits per heavy atom. The lowest BCUT2D eigenvalue weighted by Crippen LogP contribution is -2.32. The van der Waals surface area contributed by atoms with E-state index >= 15 is 0 Å². The minimum atomic E-state index is -0.546. The Hall–Kier alpha value is -2.12. The van der Waals surface area contributed by atoms with Crippen molar-refractivity contribution in [2.24, 2.45) is 0 Å². The van der Waals surface area contributed by atoms with Crippen LogP contribution in [-0.2, 0) is 4.74 Å². The van der Waals surface area contributed by atoms with Gasteiger partial charge in [0, 0.05) is 5.39 Å². The van der Waals surface area contributed by atoms with Crippen LogP contribution in [0.1, 0.15) is 0 Å². The molecule has 0 amide bonds. The first kappa shape index (κ1) is 13.8. The molecule has 1 fully saturated rings. The molecule has 0 aliphatic carbocycles. The van der Waals surface area contributed by atoms with Crippen LogP contribution in [0.3, 0.4) is 0 Å². The van der Waals surface area contributed by atoms with Gasteiger partial charge in [0.25, 0.3) is 0 Å². The summed E-state index contributed by atoms with van der Waals surface area (Å²) in [6.07, 6.45) is 0.907. The Labute approximate surface area is 121 Å². The van der Waals surface area contributed by atoms with Gasteiger partial charge in [-0.25, -0.2) is 9.97 Å². The number of nitrogens with zero attached hydrogens (tertiary/aromatic N) is 2. The van der Waals surface area contributed by atoms with Gasteiger partial charge < -0.3 is 24.6 Å². The molecule has 2 aromatic rings. The van der Waals surface area contributed by atoms with Crippen molar-refractivity contribution >= 4 is 16.7 Å². The molecule has 7 heteroatoms. The van der Waals surface area contributed by atoms with Gasteiger partial charge in [0.05, 0.1) is 39.6 Å². The van der Waals surface area contributed by atoms with Gasteiger partial charge in [0.2, 0.25) is 0 Å². The van der Waals surface area contributed by atoms with Crippen LogP contribution in [0.5, 0.6) is 11.5 Å². The molecule has 1 unspecified atom stereocenters. The second-order valence-electron chi connectivity index (χ2n) is 4.78. The Morgan fingerprint density at radius 1 is 1.24 bits per heavy atom. The highest BCUT2D eigenvalue weighted by Gasteiger charge is 2.27. The summed E-state index contributed by atoms with van der Waals surface area (Å²) in [6, 6.07) is 3.48. The van der Waals surface area contributed by atoms with Crippen LogP contribution >= 0.6 is 0 Å². The molecule has 2 atom stereocenters. The number of benzene rings is 1. The van der Waals surface area contributed by atoms with Crippen molar-refractivity contribution < 1.29 is 19.3 Å². The van der Waals surface area contributed by atoms with E-state index in [9.17, 15) is 5.11 Å². The molecule has 21 heavy (non-hydrogen) atoms. The molecule has 1 saturated heterocycles. The topological polar surface area (TPSA) is 85.7 Å². The predicted molar refractivity (Wildman–Crippen MR) is 76.9 cm³/mol. The minimum Gasteiger partial charge on any atom is -0.493 e. The van der Waals surface area contributed by atoms with Crippen LogP contribution in [0, 0.1) is 0 Å². The third kappa shape index (κ3) is 2.45. The fourth-order valence-electron chi connectivity index (χ4n) is 2.42. The molecule has 1 aromatic heterocycles. The van der Waals surface area contributed by atoms with Gasteiger partial charge in [-0.05, 0) is 12.1 Å². The molecule has 2 heterocycles. The lowest BCUT2D eigenvalue weighted by molar-refractivity contribution is 0.125. The highest BCUT2D eigenvalue weighted by molar-refractivity contribution is 5.94. The Kier molecular flexibility index (Phi) is 3.76. The van der Waals surface area contributed by atoms with Crippen molar-refractivity contribution in [1.29, 1.82) is 0 Å². The van der Waals surface area contributed by atoms with Gasteiger partial charge in [0.1, 0.15) is 17.7 Å². The first-order valence-electron chi connectivity index (χ1n) is 6.62. The van der Waals surface area contributed by atoms with Gasteiger partial charge in [-0.1, -0.05) is 0 Å². The van der Waals surface area contributed by atoms with Crippen molar-refractivity contribution in [2.75, 3.05) is 32.8 Å². The number of aromatic nitrogens is 2. The number of hydrogen-bond acceptors (Lipinski definition) is 7. The Balaban J connectivity index is 2.03. The van der Waals surface area contributed by atoms with E-state index in [4.69, 9.17) is 14.2 Å². The molecule has 0 spiro atoms. The second kappa shape index (κ2) is 5.71. The number of aliphatic hydroxyl groups is 1. The lowest BCUT2D eigenvalue weighted by atomic mass is 10.1. The van der Waals surface area contributed by atoms with Crippen LogP contribution < -0.4 is 14.8 Å². The molecular weight excluding hydrogens is 274 g/mol. The fourth-order valence-corrected chi connectivity index (χ4v) is 2.42. The van der Waals surface area contributed by atoms with Crippen molar-refractivity contribution in [3.8, 4) is 11.5 Å².